The van der Waals surface area contributed by atoms with Crippen LogP contribution in [0.4, 0.5) is 4.39 Å². The molecule has 0 radical (unpaired) electrons. The van der Waals surface area contributed by atoms with Crippen molar-refractivity contribution in [3.63, 3.8) is 0 Å². The lowest BCUT2D eigenvalue weighted by atomic mass is 10.1. The second-order valence-electron chi connectivity index (χ2n) is 5.92. The minimum absolute atomic E-state index is 0.221. The Morgan fingerprint density at radius 1 is 1.27 bits per heavy atom. The molecule has 4 heteroatoms. The van der Waals surface area contributed by atoms with E-state index in [0.717, 1.165) is 48.3 Å². The van der Waals surface area contributed by atoms with Crippen LogP contribution in [-0.2, 0) is 11.3 Å². The van der Waals surface area contributed by atoms with Crippen molar-refractivity contribution in [2.24, 2.45) is 5.92 Å². The Labute approximate surface area is 130 Å². The van der Waals surface area contributed by atoms with Crippen molar-refractivity contribution in [1.29, 1.82) is 0 Å². The van der Waals surface area contributed by atoms with Gasteiger partial charge in [-0.25, -0.2) is 4.39 Å². The fourth-order valence-electron chi connectivity index (χ4n) is 2.41. The van der Waals surface area contributed by atoms with E-state index in [2.05, 4.69) is 5.32 Å². The summed E-state index contributed by atoms with van der Waals surface area (Å²) >= 11 is 0. The molecule has 0 amide bonds. The van der Waals surface area contributed by atoms with Crippen LogP contribution in [0.5, 0.6) is 0 Å². The van der Waals surface area contributed by atoms with Crippen molar-refractivity contribution in [3.05, 3.63) is 47.5 Å². The maximum absolute atomic E-state index is 13.1. The van der Waals surface area contributed by atoms with E-state index in [1.807, 2.05) is 19.1 Å². The van der Waals surface area contributed by atoms with Gasteiger partial charge < -0.3 is 14.5 Å². The molecule has 1 N–H and O–H groups in total. The number of rotatable bonds is 8. The molecule has 0 unspecified atom stereocenters. The van der Waals surface area contributed by atoms with Crippen LogP contribution in [0.1, 0.15) is 24.2 Å². The maximum atomic E-state index is 13.1. The van der Waals surface area contributed by atoms with E-state index >= 15 is 0 Å². The van der Waals surface area contributed by atoms with E-state index in [0.29, 0.717) is 6.54 Å². The van der Waals surface area contributed by atoms with Crippen LogP contribution in [0.25, 0.3) is 11.3 Å². The molecule has 0 spiro atoms. The molecule has 0 aliphatic heterocycles. The Bertz CT molecular complexity index is 619. The van der Waals surface area contributed by atoms with Gasteiger partial charge in [0.25, 0.3) is 0 Å². The highest BCUT2D eigenvalue weighted by Gasteiger charge is 2.20. The third kappa shape index (κ3) is 4.18. The zero-order chi connectivity index (χ0) is 15.4. The minimum atomic E-state index is -0.221. The Balaban J connectivity index is 1.46. The maximum Gasteiger partial charge on any atom is 0.134 e. The van der Waals surface area contributed by atoms with E-state index < -0.39 is 0 Å². The molecule has 1 saturated carbocycles. The highest BCUT2D eigenvalue weighted by atomic mass is 19.1. The third-order valence-corrected chi connectivity index (χ3v) is 3.89. The number of halogens is 1. The average Bonchev–Trinajstić information content (AvgIpc) is 3.20. The topological polar surface area (TPSA) is 34.4 Å². The number of benzene rings is 1. The lowest BCUT2D eigenvalue weighted by Gasteiger charge is -2.05. The molecule has 2 aromatic rings. The van der Waals surface area contributed by atoms with Crippen LogP contribution >= 0.6 is 0 Å². The Kier molecular flexibility index (Phi) is 4.90. The Morgan fingerprint density at radius 3 is 2.91 bits per heavy atom. The van der Waals surface area contributed by atoms with Crippen molar-refractivity contribution in [2.75, 3.05) is 19.8 Å². The molecule has 1 aliphatic rings. The van der Waals surface area contributed by atoms with Gasteiger partial charge in [-0.3, -0.25) is 0 Å². The van der Waals surface area contributed by atoms with E-state index in [9.17, 15) is 4.39 Å². The van der Waals surface area contributed by atoms with Gasteiger partial charge in [0.1, 0.15) is 17.3 Å². The van der Waals surface area contributed by atoms with Crippen molar-refractivity contribution < 1.29 is 13.5 Å². The molecule has 1 heterocycles. The number of furan rings is 1. The average molecular weight is 303 g/mol. The Morgan fingerprint density at radius 2 is 2.14 bits per heavy atom. The number of ether oxygens (including phenoxy) is 1. The van der Waals surface area contributed by atoms with Gasteiger partial charge in [0.05, 0.1) is 13.2 Å². The van der Waals surface area contributed by atoms with Gasteiger partial charge in [-0.1, -0.05) is 0 Å². The van der Waals surface area contributed by atoms with Crippen molar-refractivity contribution in [2.45, 2.75) is 26.3 Å². The number of aryl methyl sites for hydroxylation is 1. The van der Waals surface area contributed by atoms with Crippen LogP contribution in [0, 0.1) is 18.7 Å². The summed E-state index contributed by atoms with van der Waals surface area (Å²) in [5.41, 5.74) is 1.81. The predicted octanol–water partition coefficient (Wildman–Crippen LogP) is 3.91. The molecule has 1 aromatic heterocycles. The smallest absolute Gasteiger partial charge is 0.134 e. The van der Waals surface area contributed by atoms with E-state index in [4.69, 9.17) is 9.15 Å². The SMILES string of the molecule is Cc1cc(F)ccc1-c1ccc(CNCCOCC2CC2)o1. The van der Waals surface area contributed by atoms with Crippen molar-refractivity contribution >= 4 is 0 Å². The summed E-state index contributed by atoms with van der Waals surface area (Å²) < 4.78 is 24.5. The summed E-state index contributed by atoms with van der Waals surface area (Å²) in [6.07, 6.45) is 2.65. The van der Waals surface area contributed by atoms with E-state index in [-0.39, 0.29) is 5.82 Å². The minimum Gasteiger partial charge on any atom is -0.460 e. The first-order valence-electron chi connectivity index (χ1n) is 7.86. The largest absolute Gasteiger partial charge is 0.460 e. The second kappa shape index (κ2) is 7.07. The van der Waals surface area contributed by atoms with Gasteiger partial charge in [0.15, 0.2) is 0 Å². The lowest BCUT2D eigenvalue weighted by Crippen LogP contribution is -2.19. The van der Waals surface area contributed by atoms with Crippen LogP contribution < -0.4 is 5.32 Å². The third-order valence-electron chi connectivity index (χ3n) is 3.89. The fraction of sp³-hybridized carbons (Fsp3) is 0.444. The lowest BCUT2D eigenvalue weighted by molar-refractivity contribution is 0.125. The number of hydrogen-bond acceptors (Lipinski definition) is 3. The molecule has 1 fully saturated rings. The molecule has 3 nitrogen and oxygen atoms in total. The summed E-state index contributed by atoms with van der Waals surface area (Å²) in [6, 6.07) is 8.62. The summed E-state index contributed by atoms with van der Waals surface area (Å²) in [5.74, 6) is 2.24. The first-order chi connectivity index (χ1) is 10.7. The molecule has 1 aromatic carbocycles. The number of nitrogens with one attached hydrogen (secondary N) is 1. The van der Waals surface area contributed by atoms with Crippen molar-refractivity contribution in [3.8, 4) is 11.3 Å². The summed E-state index contributed by atoms with van der Waals surface area (Å²) in [4.78, 5) is 0. The zero-order valence-electron chi connectivity index (χ0n) is 12.9. The first kappa shape index (κ1) is 15.3. The molecule has 1 aliphatic carbocycles. The zero-order valence-corrected chi connectivity index (χ0v) is 12.9. The van der Waals surface area contributed by atoms with Crippen molar-refractivity contribution in [1.82, 2.24) is 5.32 Å². The van der Waals surface area contributed by atoms with Gasteiger partial charge >= 0.3 is 0 Å². The standard InChI is InChI=1S/C18H22FNO2/c1-13-10-15(19)4-6-17(13)18-7-5-16(22-18)11-20-8-9-21-12-14-2-3-14/h4-7,10,14,20H,2-3,8-9,11-12H2,1H3. The second-order valence-corrected chi connectivity index (χ2v) is 5.92. The molecule has 0 atom stereocenters. The van der Waals surface area contributed by atoms with Crippen LogP contribution in [-0.4, -0.2) is 19.8 Å². The molecular weight excluding hydrogens is 281 g/mol. The van der Waals surface area contributed by atoms with Gasteiger partial charge in [0.2, 0.25) is 0 Å². The van der Waals surface area contributed by atoms with Crippen LogP contribution in [0.15, 0.2) is 34.7 Å². The van der Waals surface area contributed by atoms with Gasteiger partial charge in [0, 0.05) is 18.7 Å². The molecule has 22 heavy (non-hydrogen) atoms. The highest BCUT2D eigenvalue weighted by Crippen LogP contribution is 2.28. The Hall–Kier alpha value is -1.65. The van der Waals surface area contributed by atoms with Gasteiger partial charge in [-0.15, -0.1) is 0 Å². The molecule has 0 bridgehead atoms. The normalized spacial score (nSPS) is 14.5. The summed E-state index contributed by atoms with van der Waals surface area (Å²) in [6.45, 7) is 5.01. The first-order valence-corrected chi connectivity index (χ1v) is 7.86. The number of hydrogen-bond donors (Lipinski definition) is 1. The van der Waals surface area contributed by atoms with Crippen LogP contribution in [0.3, 0.4) is 0 Å². The van der Waals surface area contributed by atoms with Crippen LogP contribution in [0.2, 0.25) is 0 Å². The summed E-state index contributed by atoms with van der Waals surface area (Å²) in [5, 5.41) is 3.31. The quantitative estimate of drug-likeness (QED) is 0.751. The highest BCUT2D eigenvalue weighted by molar-refractivity contribution is 5.62. The molecule has 3 rings (SSSR count). The van der Waals surface area contributed by atoms with E-state index in [1.54, 1.807) is 6.07 Å². The summed E-state index contributed by atoms with van der Waals surface area (Å²) in [7, 11) is 0. The van der Waals surface area contributed by atoms with E-state index in [1.165, 1.54) is 25.0 Å². The fourth-order valence-corrected chi connectivity index (χ4v) is 2.41. The molecular formula is C18H22FNO2. The monoisotopic (exact) mass is 303 g/mol. The molecule has 118 valence electrons. The molecule has 0 saturated heterocycles. The van der Waals surface area contributed by atoms with Gasteiger partial charge in [-0.2, -0.15) is 0 Å². The van der Waals surface area contributed by atoms with Gasteiger partial charge in [-0.05, 0) is 61.6 Å². The predicted molar refractivity (Wildman–Crippen MR) is 84.1 cm³/mol.